The Bertz CT molecular complexity index is 1070. The summed E-state index contributed by atoms with van der Waals surface area (Å²) in [5.41, 5.74) is 2.31. The Hall–Kier alpha value is -1.50. The van der Waals surface area contributed by atoms with Crippen molar-refractivity contribution in [2.45, 2.75) is 4.90 Å². The maximum atomic E-state index is 12.7. The molecule has 6 heteroatoms. The molecule has 3 aromatic carbocycles. The summed E-state index contributed by atoms with van der Waals surface area (Å²) in [7, 11) is -4.59. The van der Waals surface area contributed by atoms with E-state index in [0.29, 0.717) is 11.1 Å². The second kappa shape index (κ2) is 5.54. The van der Waals surface area contributed by atoms with Gasteiger partial charge in [0, 0.05) is 16.5 Å². The second-order valence-corrected chi connectivity index (χ2v) is 6.58. The van der Waals surface area contributed by atoms with Gasteiger partial charge in [-0.25, -0.2) is 8.42 Å². The van der Waals surface area contributed by atoms with E-state index >= 15 is 0 Å². The zero-order chi connectivity index (χ0) is 15.5. The maximum Gasteiger partial charge on any atom is 1.00 e. The van der Waals surface area contributed by atoms with E-state index < -0.39 is 10.1 Å². The van der Waals surface area contributed by atoms with E-state index in [0.717, 1.165) is 16.3 Å². The largest absolute Gasteiger partial charge is 1.00 e. The minimum Gasteiger partial charge on any atom is -0.744 e. The van der Waals surface area contributed by atoms with Gasteiger partial charge < -0.3 is 4.55 Å². The van der Waals surface area contributed by atoms with E-state index in [-0.39, 0.29) is 45.8 Å². The number of carbonyl (C=O) groups excluding carboxylic acids is 1. The van der Waals surface area contributed by atoms with Gasteiger partial charge in [0.1, 0.15) is 10.1 Å². The first kappa shape index (κ1) is 16.4. The molecule has 23 heavy (non-hydrogen) atoms. The van der Waals surface area contributed by atoms with Gasteiger partial charge in [-0.3, -0.25) is 4.79 Å². The standard InChI is InChI=1S/C17H10O4S.Na/c18-17-14-6-2-4-10-3-1-5-13(16(10)14)12-8-7-11(9-15(12)17)22(19,20)21;/h1-9H,(H,19,20,21);/q;+1/p-1. The Morgan fingerprint density at radius 3 is 2.09 bits per heavy atom. The topological polar surface area (TPSA) is 74.3 Å². The molecule has 0 atom stereocenters. The van der Waals surface area contributed by atoms with Crippen molar-refractivity contribution in [3.8, 4) is 11.1 Å². The van der Waals surface area contributed by atoms with E-state index in [4.69, 9.17) is 0 Å². The van der Waals surface area contributed by atoms with Crippen molar-refractivity contribution in [1.29, 1.82) is 0 Å². The molecule has 0 unspecified atom stereocenters. The number of hydrogen-bond donors (Lipinski definition) is 0. The van der Waals surface area contributed by atoms with Crippen LogP contribution < -0.4 is 29.6 Å². The summed E-state index contributed by atoms with van der Waals surface area (Å²) >= 11 is 0. The molecule has 0 heterocycles. The smallest absolute Gasteiger partial charge is 0.744 e. The van der Waals surface area contributed by atoms with Crippen LogP contribution in [0.15, 0.2) is 59.5 Å². The van der Waals surface area contributed by atoms with Crippen LogP contribution in [0.25, 0.3) is 21.9 Å². The van der Waals surface area contributed by atoms with Crippen molar-refractivity contribution in [3.05, 3.63) is 65.7 Å². The van der Waals surface area contributed by atoms with E-state index in [9.17, 15) is 17.8 Å². The van der Waals surface area contributed by atoms with Crippen molar-refractivity contribution >= 4 is 26.7 Å². The number of hydrogen-bond acceptors (Lipinski definition) is 4. The zero-order valence-corrected chi connectivity index (χ0v) is 15.1. The van der Waals surface area contributed by atoms with Crippen molar-refractivity contribution in [1.82, 2.24) is 0 Å². The van der Waals surface area contributed by atoms with E-state index in [1.165, 1.54) is 18.2 Å². The monoisotopic (exact) mass is 332 g/mol. The molecule has 0 bridgehead atoms. The van der Waals surface area contributed by atoms with Gasteiger partial charge in [-0.05, 0) is 28.6 Å². The fourth-order valence-corrected chi connectivity index (χ4v) is 3.50. The molecule has 0 aliphatic heterocycles. The molecule has 3 aromatic rings. The van der Waals surface area contributed by atoms with Crippen LogP contribution >= 0.6 is 0 Å². The quantitative estimate of drug-likeness (QED) is 0.362. The summed E-state index contributed by atoms with van der Waals surface area (Å²) in [5.74, 6) is -0.259. The molecule has 1 aliphatic carbocycles. The number of benzene rings is 3. The molecule has 0 radical (unpaired) electrons. The van der Waals surface area contributed by atoms with Gasteiger partial charge >= 0.3 is 29.6 Å². The molecule has 0 aromatic heterocycles. The summed E-state index contributed by atoms with van der Waals surface area (Å²) in [6.45, 7) is 0. The van der Waals surface area contributed by atoms with Gasteiger partial charge in [-0.2, -0.15) is 0 Å². The molecular formula is C17H9NaO4S. The van der Waals surface area contributed by atoms with Crippen LogP contribution in [0.2, 0.25) is 0 Å². The average molecular weight is 332 g/mol. The molecule has 4 rings (SSSR count). The molecule has 1 aliphatic rings. The molecule has 0 fully saturated rings. The molecule has 0 N–H and O–H groups in total. The predicted molar refractivity (Wildman–Crippen MR) is 80.8 cm³/mol. The summed E-state index contributed by atoms with van der Waals surface area (Å²) in [6.07, 6.45) is 0. The number of rotatable bonds is 1. The summed E-state index contributed by atoms with van der Waals surface area (Å²) in [6, 6.07) is 15.1. The molecule has 0 saturated heterocycles. The van der Waals surface area contributed by atoms with Crippen LogP contribution in [0.1, 0.15) is 15.9 Å². The third kappa shape index (κ3) is 2.45. The van der Waals surface area contributed by atoms with Crippen molar-refractivity contribution in [2.24, 2.45) is 0 Å². The molecule has 0 saturated carbocycles. The molecule has 108 valence electrons. The summed E-state index contributed by atoms with van der Waals surface area (Å²) in [4.78, 5) is 12.3. The van der Waals surface area contributed by atoms with Gasteiger partial charge in [0.15, 0.2) is 5.78 Å². The van der Waals surface area contributed by atoms with E-state index in [2.05, 4.69) is 0 Å². The van der Waals surface area contributed by atoms with Gasteiger partial charge in [-0.15, -0.1) is 0 Å². The van der Waals surface area contributed by atoms with Crippen LogP contribution in [0.5, 0.6) is 0 Å². The van der Waals surface area contributed by atoms with Crippen LogP contribution in [0, 0.1) is 0 Å². The fourth-order valence-electron chi connectivity index (χ4n) is 3.00. The minimum atomic E-state index is -4.59. The third-order valence-corrected chi connectivity index (χ3v) is 4.80. The van der Waals surface area contributed by atoms with Crippen LogP contribution in [-0.4, -0.2) is 18.8 Å². The predicted octanol–water partition coefficient (Wildman–Crippen LogP) is -0.0407. The molecule has 4 nitrogen and oxygen atoms in total. The molecule has 0 amide bonds. The van der Waals surface area contributed by atoms with Crippen molar-refractivity contribution < 1.29 is 47.3 Å². The first-order valence-corrected chi connectivity index (χ1v) is 8.04. The number of fused-ring (bicyclic) bond motifs is 2. The van der Waals surface area contributed by atoms with Gasteiger partial charge in [0.25, 0.3) is 0 Å². The summed E-state index contributed by atoms with van der Waals surface area (Å²) < 4.78 is 33.6. The van der Waals surface area contributed by atoms with Gasteiger partial charge in [0.2, 0.25) is 0 Å². The minimum absolute atomic E-state index is 0. The molecular weight excluding hydrogens is 323 g/mol. The fraction of sp³-hybridized carbons (Fsp3) is 0. The first-order valence-electron chi connectivity index (χ1n) is 6.63. The Labute approximate surface area is 155 Å². The normalized spacial score (nSPS) is 12.7. The Balaban J connectivity index is 0.00000156. The van der Waals surface area contributed by atoms with E-state index in [1.807, 2.05) is 24.3 Å². The number of carbonyl (C=O) groups is 1. The molecule has 0 spiro atoms. The van der Waals surface area contributed by atoms with Crippen molar-refractivity contribution in [2.75, 3.05) is 0 Å². The van der Waals surface area contributed by atoms with Crippen LogP contribution in [0.3, 0.4) is 0 Å². The summed E-state index contributed by atoms with van der Waals surface area (Å²) in [5, 5.41) is 1.81. The third-order valence-electron chi connectivity index (χ3n) is 3.96. The van der Waals surface area contributed by atoms with Gasteiger partial charge in [0.05, 0.1) is 4.90 Å². The SMILES string of the molecule is O=C1c2cc(S(=O)(=O)[O-])ccc2-c2cccc3cccc1c23.[Na+]. The second-order valence-electron chi connectivity index (χ2n) is 5.20. The maximum absolute atomic E-state index is 12.7. The van der Waals surface area contributed by atoms with E-state index in [1.54, 1.807) is 12.1 Å². The van der Waals surface area contributed by atoms with Crippen molar-refractivity contribution in [3.63, 3.8) is 0 Å². The van der Waals surface area contributed by atoms with Crippen LogP contribution in [0.4, 0.5) is 0 Å². The number of ketones is 1. The zero-order valence-electron chi connectivity index (χ0n) is 12.2. The Morgan fingerprint density at radius 2 is 1.43 bits per heavy atom. The first-order chi connectivity index (χ1) is 10.5. The van der Waals surface area contributed by atoms with Gasteiger partial charge in [-0.1, -0.05) is 42.5 Å². The van der Waals surface area contributed by atoms with Crippen LogP contribution in [-0.2, 0) is 10.1 Å². The Morgan fingerprint density at radius 1 is 0.783 bits per heavy atom. The Kier molecular flexibility index (Phi) is 3.94. The average Bonchev–Trinajstić information content (AvgIpc) is 2.51.